The third kappa shape index (κ3) is 7.45. The number of nitrogens with zero attached hydrogens (tertiary/aromatic N) is 4. The van der Waals surface area contributed by atoms with Crippen molar-refractivity contribution in [2.75, 3.05) is 65.5 Å². The molecule has 1 fully saturated rings. The Labute approximate surface area is 256 Å². The van der Waals surface area contributed by atoms with Gasteiger partial charge in [-0.25, -0.2) is 9.80 Å². The van der Waals surface area contributed by atoms with Crippen LogP contribution in [0.25, 0.3) is 0 Å². The molecule has 0 radical (unpaired) electrons. The number of carbonyl (C=O) groups is 2. The molecule has 0 saturated carbocycles. The van der Waals surface area contributed by atoms with Crippen LogP contribution in [0, 0.1) is 0 Å². The van der Waals surface area contributed by atoms with Crippen LogP contribution in [0.4, 0.5) is 10.5 Å². The molecular weight excluding hydrogens is 570 g/mol. The lowest BCUT2D eigenvalue weighted by molar-refractivity contribution is -0.133. The maximum absolute atomic E-state index is 14.0. The summed E-state index contributed by atoms with van der Waals surface area (Å²) < 4.78 is 16.2. The Hall–Kier alpha value is -4.12. The van der Waals surface area contributed by atoms with Gasteiger partial charge in [0.05, 0.1) is 44.9 Å². The molecule has 2 aliphatic rings. The number of anilines is 1. The summed E-state index contributed by atoms with van der Waals surface area (Å²) in [4.78, 5) is 31.4. The van der Waals surface area contributed by atoms with Gasteiger partial charge in [0.25, 0.3) is 5.91 Å². The van der Waals surface area contributed by atoms with Crippen LogP contribution in [-0.4, -0.2) is 92.6 Å². The minimum atomic E-state index is -0.401. The number of para-hydroxylation sites is 2. The Morgan fingerprint density at radius 3 is 2.44 bits per heavy atom. The first kappa shape index (κ1) is 30.3. The number of hydrazone groups is 1. The summed E-state index contributed by atoms with van der Waals surface area (Å²) in [7, 11) is 3.16. The fraction of sp³-hybridized carbons (Fsp3) is 0.344. The SMILES string of the molecule is COc1ccc([C@H]2CC(c3ccccc3Cl)=NN2C(=O)CN(CCN2CCOCC2)C(=O)Nc2ccccc2OC)cc1. The minimum Gasteiger partial charge on any atom is -0.497 e. The standard InChI is InChI=1S/C32H36ClN5O5/c1-41-24-13-11-23(12-14-24)29-21-28(25-7-3-4-8-26(25)33)35-38(29)31(39)22-37(16-15-36-17-19-43-20-18-36)32(40)34-27-9-5-6-10-30(27)42-2/h3-14,29H,15-22H2,1-2H3,(H,34,40)/t29-/m1/s1. The van der Waals surface area contributed by atoms with Crippen molar-refractivity contribution in [3.63, 3.8) is 0 Å². The number of benzene rings is 3. The Morgan fingerprint density at radius 2 is 1.72 bits per heavy atom. The van der Waals surface area contributed by atoms with E-state index in [9.17, 15) is 9.59 Å². The maximum Gasteiger partial charge on any atom is 0.322 e. The third-order valence-electron chi connectivity index (χ3n) is 7.60. The Balaban J connectivity index is 1.40. The maximum atomic E-state index is 14.0. The van der Waals surface area contributed by atoms with Crippen molar-refractivity contribution < 1.29 is 23.8 Å². The number of rotatable bonds is 10. The number of halogens is 1. The minimum absolute atomic E-state index is 0.169. The predicted molar refractivity (Wildman–Crippen MR) is 166 cm³/mol. The molecule has 0 aliphatic carbocycles. The molecule has 226 valence electrons. The predicted octanol–water partition coefficient (Wildman–Crippen LogP) is 4.90. The van der Waals surface area contributed by atoms with E-state index < -0.39 is 6.03 Å². The number of morpholine rings is 1. The lowest BCUT2D eigenvalue weighted by atomic mass is 9.98. The van der Waals surface area contributed by atoms with Gasteiger partial charge in [-0.2, -0.15) is 5.10 Å². The van der Waals surface area contributed by atoms with E-state index in [1.807, 2.05) is 60.7 Å². The lowest BCUT2D eigenvalue weighted by Crippen LogP contribution is -2.47. The zero-order valence-corrected chi connectivity index (χ0v) is 25.1. The van der Waals surface area contributed by atoms with Crippen molar-refractivity contribution >= 4 is 34.9 Å². The molecule has 2 aliphatic heterocycles. The molecule has 5 rings (SSSR count). The van der Waals surface area contributed by atoms with Crippen molar-refractivity contribution in [2.45, 2.75) is 12.5 Å². The number of hydrogen-bond donors (Lipinski definition) is 1. The summed E-state index contributed by atoms with van der Waals surface area (Å²) in [6.45, 7) is 3.60. The Kier molecular flexibility index (Phi) is 10.1. The molecule has 0 unspecified atom stereocenters. The molecule has 1 saturated heterocycles. The largest absolute Gasteiger partial charge is 0.497 e. The van der Waals surface area contributed by atoms with Crippen molar-refractivity contribution in [3.05, 3.63) is 88.9 Å². The van der Waals surface area contributed by atoms with E-state index in [1.54, 1.807) is 26.4 Å². The van der Waals surface area contributed by atoms with Crippen LogP contribution in [0.1, 0.15) is 23.6 Å². The summed E-state index contributed by atoms with van der Waals surface area (Å²) in [5, 5.41) is 9.74. The second-order valence-electron chi connectivity index (χ2n) is 10.3. The van der Waals surface area contributed by atoms with E-state index in [0.29, 0.717) is 60.6 Å². The number of methoxy groups -OCH3 is 2. The Bertz CT molecular complexity index is 1440. The fourth-order valence-corrected chi connectivity index (χ4v) is 5.45. The number of nitrogens with one attached hydrogen (secondary N) is 1. The molecule has 0 bridgehead atoms. The van der Waals surface area contributed by atoms with Crippen LogP contribution in [0.5, 0.6) is 11.5 Å². The summed E-state index contributed by atoms with van der Waals surface area (Å²) in [5.74, 6) is 0.942. The molecule has 0 spiro atoms. The average molecular weight is 606 g/mol. The average Bonchev–Trinajstić information content (AvgIpc) is 3.49. The molecule has 3 amide bonds. The first-order chi connectivity index (χ1) is 21.0. The molecule has 2 heterocycles. The van der Waals surface area contributed by atoms with Gasteiger partial charge in [-0.05, 0) is 35.9 Å². The van der Waals surface area contributed by atoms with Gasteiger partial charge in [0.15, 0.2) is 0 Å². The Morgan fingerprint density at radius 1 is 1.00 bits per heavy atom. The highest BCUT2D eigenvalue weighted by Gasteiger charge is 2.35. The van der Waals surface area contributed by atoms with Crippen LogP contribution in [-0.2, 0) is 9.53 Å². The molecule has 11 heteroatoms. The molecule has 1 atom stereocenters. The van der Waals surface area contributed by atoms with Crippen molar-refractivity contribution in [1.82, 2.24) is 14.8 Å². The van der Waals surface area contributed by atoms with Gasteiger partial charge >= 0.3 is 6.03 Å². The van der Waals surface area contributed by atoms with Crippen molar-refractivity contribution in [1.29, 1.82) is 0 Å². The van der Waals surface area contributed by atoms with E-state index in [4.69, 9.17) is 30.9 Å². The van der Waals surface area contributed by atoms with Crippen molar-refractivity contribution in [3.8, 4) is 11.5 Å². The monoisotopic (exact) mass is 605 g/mol. The number of amides is 3. The van der Waals surface area contributed by atoms with Gasteiger partial charge in [0, 0.05) is 43.2 Å². The van der Waals surface area contributed by atoms with Crippen LogP contribution >= 0.6 is 11.6 Å². The van der Waals surface area contributed by atoms with Crippen LogP contribution in [0.15, 0.2) is 77.9 Å². The molecule has 10 nitrogen and oxygen atoms in total. The smallest absolute Gasteiger partial charge is 0.322 e. The van der Waals surface area contributed by atoms with Gasteiger partial charge in [0.1, 0.15) is 18.0 Å². The molecule has 1 N–H and O–H groups in total. The van der Waals surface area contributed by atoms with E-state index >= 15 is 0 Å². The fourth-order valence-electron chi connectivity index (χ4n) is 5.20. The highest BCUT2D eigenvalue weighted by molar-refractivity contribution is 6.34. The second-order valence-corrected chi connectivity index (χ2v) is 10.7. The summed E-state index contributed by atoms with van der Waals surface area (Å²) in [6, 6.07) is 21.4. The van der Waals surface area contributed by atoms with Gasteiger partial charge < -0.3 is 24.4 Å². The zero-order valence-electron chi connectivity index (χ0n) is 24.4. The van der Waals surface area contributed by atoms with Crippen LogP contribution in [0.2, 0.25) is 5.02 Å². The van der Waals surface area contributed by atoms with Gasteiger partial charge in [-0.3, -0.25) is 9.69 Å². The molecule has 0 aromatic heterocycles. The third-order valence-corrected chi connectivity index (χ3v) is 7.93. The highest BCUT2D eigenvalue weighted by Crippen LogP contribution is 2.35. The van der Waals surface area contributed by atoms with E-state index in [1.165, 1.54) is 9.91 Å². The van der Waals surface area contributed by atoms with E-state index in [-0.39, 0.29) is 18.5 Å². The molecule has 43 heavy (non-hydrogen) atoms. The number of carbonyl (C=O) groups excluding carboxylic acids is 2. The quantitative estimate of drug-likeness (QED) is 0.353. The first-order valence-electron chi connectivity index (χ1n) is 14.2. The van der Waals surface area contributed by atoms with Crippen LogP contribution < -0.4 is 14.8 Å². The van der Waals surface area contributed by atoms with Crippen molar-refractivity contribution in [2.24, 2.45) is 5.10 Å². The topological polar surface area (TPSA) is 95.9 Å². The molecule has 3 aromatic carbocycles. The highest BCUT2D eigenvalue weighted by atomic mass is 35.5. The van der Waals surface area contributed by atoms with E-state index in [0.717, 1.165) is 24.2 Å². The van der Waals surface area contributed by atoms with E-state index in [2.05, 4.69) is 10.2 Å². The summed E-state index contributed by atoms with van der Waals surface area (Å²) in [6.07, 6.45) is 0.475. The van der Waals surface area contributed by atoms with Gasteiger partial charge in [-0.1, -0.05) is 54.1 Å². The summed E-state index contributed by atoms with van der Waals surface area (Å²) in [5.41, 5.74) is 2.91. The zero-order chi connectivity index (χ0) is 30.2. The number of ether oxygens (including phenoxy) is 3. The normalized spacial score (nSPS) is 16.9. The summed E-state index contributed by atoms with van der Waals surface area (Å²) >= 11 is 6.52. The lowest BCUT2D eigenvalue weighted by Gasteiger charge is -2.31. The molecule has 3 aromatic rings. The van der Waals surface area contributed by atoms with Crippen LogP contribution in [0.3, 0.4) is 0 Å². The number of urea groups is 1. The first-order valence-corrected chi connectivity index (χ1v) is 14.6. The molecular formula is C32H36ClN5O5. The number of hydrogen-bond acceptors (Lipinski definition) is 7. The van der Waals surface area contributed by atoms with Gasteiger partial charge in [0.2, 0.25) is 0 Å². The van der Waals surface area contributed by atoms with Gasteiger partial charge in [-0.15, -0.1) is 0 Å². The second kappa shape index (κ2) is 14.4.